The zero-order valence-electron chi connectivity index (χ0n) is 11.3. The van der Waals surface area contributed by atoms with Gasteiger partial charge in [-0.3, -0.25) is 0 Å². The van der Waals surface area contributed by atoms with Crippen LogP contribution in [0.1, 0.15) is 43.7 Å². The first kappa shape index (κ1) is 13.9. The van der Waals surface area contributed by atoms with E-state index in [0.717, 1.165) is 27.2 Å². The molecule has 0 aromatic heterocycles. The lowest BCUT2D eigenvalue weighted by atomic mass is 9.83. The fourth-order valence-corrected chi connectivity index (χ4v) is 4.80. The van der Waals surface area contributed by atoms with Crippen molar-refractivity contribution >= 4 is 27.5 Å². The first-order valence-electron chi connectivity index (χ1n) is 7.30. The molecule has 2 aliphatic carbocycles. The Labute approximate surface area is 129 Å². The van der Waals surface area contributed by atoms with Gasteiger partial charge in [0.05, 0.1) is 5.02 Å². The molecule has 3 heteroatoms. The van der Waals surface area contributed by atoms with Gasteiger partial charge in [0.1, 0.15) is 0 Å². The monoisotopic (exact) mass is 341 g/mol. The highest BCUT2D eigenvalue weighted by Crippen LogP contribution is 2.51. The van der Waals surface area contributed by atoms with Crippen molar-refractivity contribution in [2.75, 3.05) is 7.05 Å². The summed E-state index contributed by atoms with van der Waals surface area (Å²) in [6.45, 7) is 0. The number of hydrogen-bond donors (Lipinski definition) is 1. The molecule has 4 unspecified atom stereocenters. The Bertz CT molecular complexity index is 462. The topological polar surface area (TPSA) is 12.0 Å². The fourth-order valence-electron chi connectivity index (χ4n) is 4.16. The number of hydrogen-bond acceptors (Lipinski definition) is 1. The van der Waals surface area contributed by atoms with E-state index >= 15 is 0 Å². The lowest BCUT2D eigenvalue weighted by molar-refractivity contribution is 0.284. The van der Waals surface area contributed by atoms with Gasteiger partial charge in [-0.25, -0.2) is 0 Å². The van der Waals surface area contributed by atoms with Crippen molar-refractivity contribution in [2.45, 2.75) is 38.1 Å². The Kier molecular flexibility index (Phi) is 4.21. The van der Waals surface area contributed by atoms with Gasteiger partial charge in [0.15, 0.2) is 0 Å². The molecule has 2 aliphatic rings. The standard InChI is InChI=1S/C16H21BrClN/c1-19-15(13-3-2-4-14(17)16(13)18)9-12-8-10-5-6-11(12)7-10/h2-4,10-12,15,19H,5-9H2,1H3. The van der Waals surface area contributed by atoms with Crippen LogP contribution in [0.15, 0.2) is 22.7 Å². The highest BCUT2D eigenvalue weighted by atomic mass is 79.9. The quantitative estimate of drug-likeness (QED) is 0.794. The molecule has 1 aromatic rings. The minimum absolute atomic E-state index is 0.384. The molecular formula is C16H21BrClN. The van der Waals surface area contributed by atoms with Gasteiger partial charge >= 0.3 is 0 Å². The van der Waals surface area contributed by atoms with Crippen molar-refractivity contribution in [3.63, 3.8) is 0 Å². The molecule has 0 amide bonds. The third-order valence-electron chi connectivity index (χ3n) is 5.13. The van der Waals surface area contributed by atoms with Crippen LogP contribution >= 0.6 is 27.5 Å². The lowest BCUT2D eigenvalue weighted by Crippen LogP contribution is -2.23. The molecule has 0 spiro atoms. The average molecular weight is 343 g/mol. The average Bonchev–Trinajstić information content (AvgIpc) is 3.02. The van der Waals surface area contributed by atoms with Gasteiger partial charge in [-0.2, -0.15) is 0 Å². The summed E-state index contributed by atoms with van der Waals surface area (Å²) in [7, 11) is 2.05. The van der Waals surface area contributed by atoms with E-state index in [1.54, 1.807) is 0 Å². The van der Waals surface area contributed by atoms with Crippen LogP contribution in [-0.4, -0.2) is 7.05 Å². The maximum atomic E-state index is 6.44. The summed E-state index contributed by atoms with van der Waals surface area (Å²) in [5.41, 5.74) is 1.24. The highest BCUT2D eigenvalue weighted by Gasteiger charge is 2.40. The molecule has 19 heavy (non-hydrogen) atoms. The predicted molar refractivity (Wildman–Crippen MR) is 84.5 cm³/mol. The largest absolute Gasteiger partial charge is 0.313 e. The molecule has 0 saturated heterocycles. The maximum Gasteiger partial charge on any atom is 0.0595 e. The lowest BCUT2D eigenvalue weighted by Gasteiger charge is -2.27. The summed E-state index contributed by atoms with van der Waals surface area (Å²) >= 11 is 9.97. The fraction of sp³-hybridized carbons (Fsp3) is 0.625. The molecule has 3 rings (SSSR count). The molecule has 0 heterocycles. The van der Waals surface area contributed by atoms with Gasteiger partial charge in [-0.15, -0.1) is 0 Å². The van der Waals surface area contributed by atoms with Crippen LogP contribution in [0.3, 0.4) is 0 Å². The predicted octanol–water partition coefficient (Wildman–Crippen LogP) is 5.19. The maximum absolute atomic E-state index is 6.44. The summed E-state index contributed by atoms with van der Waals surface area (Å²) in [5.74, 6) is 2.89. The second-order valence-corrected chi connectivity index (χ2v) is 7.39. The van der Waals surface area contributed by atoms with E-state index in [2.05, 4.69) is 40.4 Å². The van der Waals surface area contributed by atoms with Gasteiger partial charge in [-0.05, 0) is 78.0 Å². The minimum atomic E-state index is 0.384. The van der Waals surface area contributed by atoms with Crippen molar-refractivity contribution in [1.82, 2.24) is 5.32 Å². The van der Waals surface area contributed by atoms with E-state index in [1.807, 2.05) is 6.07 Å². The number of halogens is 2. The number of fused-ring (bicyclic) bond motifs is 2. The first-order valence-corrected chi connectivity index (χ1v) is 8.47. The van der Waals surface area contributed by atoms with Crippen LogP contribution in [0, 0.1) is 17.8 Å². The Morgan fingerprint density at radius 1 is 1.37 bits per heavy atom. The number of rotatable bonds is 4. The van der Waals surface area contributed by atoms with Crippen LogP contribution < -0.4 is 5.32 Å². The minimum Gasteiger partial charge on any atom is -0.313 e. The normalized spacial score (nSPS) is 30.8. The van der Waals surface area contributed by atoms with Gasteiger partial charge in [-0.1, -0.05) is 30.2 Å². The summed E-state index contributed by atoms with van der Waals surface area (Å²) < 4.78 is 1.000. The second-order valence-electron chi connectivity index (χ2n) is 6.15. The highest BCUT2D eigenvalue weighted by molar-refractivity contribution is 9.10. The molecular weight excluding hydrogens is 322 g/mol. The summed E-state index contributed by atoms with van der Waals surface area (Å²) in [4.78, 5) is 0. The molecule has 0 radical (unpaired) electrons. The van der Waals surface area contributed by atoms with Gasteiger partial charge in [0, 0.05) is 10.5 Å². The second kappa shape index (κ2) is 5.75. The van der Waals surface area contributed by atoms with Crippen molar-refractivity contribution < 1.29 is 0 Å². The number of benzene rings is 1. The van der Waals surface area contributed by atoms with Crippen LogP contribution in [0.25, 0.3) is 0 Å². The molecule has 0 aliphatic heterocycles. The Hall–Kier alpha value is -0.0500. The van der Waals surface area contributed by atoms with Gasteiger partial charge < -0.3 is 5.32 Å². The van der Waals surface area contributed by atoms with E-state index in [0.29, 0.717) is 6.04 Å². The van der Waals surface area contributed by atoms with Crippen LogP contribution in [0.2, 0.25) is 5.02 Å². The smallest absolute Gasteiger partial charge is 0.0595 e. The SMILES string of the molecule is CNC(CC1CC2CCC1C2)c1cccc(Br)c1Cl. The van der Waals surface area contributed by atoms with Gasteiger partial charge in [0.25, 0.3) is 0 Å². The van der Waals surface area contributed by atoms with Crippen molar-refractivity contribution in [2.24, 2.45) is 17.8 Å². The molecule has 2 fully saturated rings. The third-order valence-corrected chi connectivity index (χ3v) is 6.44. The molecule has 1 N–H and O–H groups in total. The molecule has 4 atom stereocenters. The van der Waals surface area contributed by atoms with E-state index in [-0.39, 0.29) is 0 Å². The van der Waals surface area contributed by atoms with Crippen molar-refractivity contribution in [3.05, 3.63) is 33.3 Å². The first-order chi connectivity index (χ1) is 9.19. The summed E-state index contributed by atoms with van der Waals surface area (Å²) in [6.07, 6.45) is 7.08. The Morgan fingerprint density at radius 2 is 2.21 bits per heavy atom. The van der Waals surface area contributed by atoms with E-state index in [9.17, 15) is 0 Å². The van der Waals surface area contributed by atoms with E-state index in [4.69, 9.17) is 11.6 Å². The zero-order chi connectivity index (χ0) is 13.4. The molecule has 104 valence electrons. The van der Waals surface area contributed by atoms with Crippen molar-refractivity contribution in [1.29, 1.82) is 0 Å². The Balaban J connectivity index is 1.75. The molecule has 1 nitrogen and oxygen atoms in total. The third kappa shape index (κ3) is 2.72. The molecule has 2 saturated carbocycles. The number of nitrogens with one attached hydrogen (secondary N) is 1. The molecule has 2 bridgehead atoms. The molecule has 1 aromatic carbocycles. The van der Waals surface area contributed by atoms with Crippen molar-refractivity contribution in [3.8, 4) is 0 Å². The summed E-state index contributed by atoms with van der Waals surface area (Å²) in [5, 5.41) is 4.33. The zero-order valence-corrected chi connectivity index (χ0v) is 13.7. The summed E-state index contributed by atoms with van der Waals surface area (Å²) in [6, 6.07) is 6.63. The van der Waals surface area contributed by atoms with E-state index < -0.39 is 0 Å². The van der Waals surface area contributed by atoms with Gasteiger partial charge in [0.2, 0.25) is 0 Å². The van der Waals surface area contributed by atoms with E-state index in [1.165, 1.54) is 37.7 Å². The van der Waals surface area contributed by atoms with Crippen LogP contribution in [0.4, 0.5) is 0 Å². The van der Waals surface area contributed by atoms with Crippen LogP contribution in [0.5, 0.6) is 0 Å². The Morgan fingerprint density at radius 3 is 2.84 bits per heavy atom. The van der Waals surface area contributed by atoms with Crippen LogP contribution in [-0.2, 0) is 0 Å².